The minimum Gasteiger partial charge on any atom is -0.478 e. The van der Waals surface area contributed by atoms with Crippen molar-refractivity contribution in [2.75, 3.05) is 11.4 Å². The molecule has 1 heterocycles. The topological polar surface area (TPSA) is 74.7 Å². The van der Waals surface area contributed by atoms with Crippen LogP contribution in [0.25, 0.3) is 0 Å². The maximum atomic E-state index is 12.2. The Bertz CT molecular complexity index is 876. The molecule has 0 saturated heterocycles. The van der Waals surface area contributed by atoms with E-state index in [4.69, 9.17) is 5.11 Å². The number of carboxylic acids is 1. The number of aromatic carboxylic acids is 1. The lowest BCUT2D eigenvalue weighted by Gasteiger charge is -2.16. The summed E-state index contributed by atoms with van der Waals surface area (Å²) in [6.07, 6.45) is 0.790. The van der Waals surface area contributed by atoms with Crippen molar-refractivity contribution < 1.29 is 19.5 Å². The fraction of sp³-hybridized carbons (Fsp3) is 0.250. The van der Waals surface area contributed by atoms with E-state index in [1.165, 1.54) is 0 Å². The Hall–Kier alpha value is -2.60. The Labute approximate surface area is 156 Å². The maximum Gasteiger partial charge on any atom is 0.335 e. The number of amides is 1. The zero-order chi connectivity index (χ0) is 18.8. The number of carbonyl (C=O) groups excluding carboxylic acids is 2. The molecule has 0 spiro atoms. The number of anilines is 1. The number of ketones is 1. The predicted molar refractivity (Wildman–Crippen MR) is 101 cm³/mol. The third kappa shape index (κ3) is 3.37. The average Bonchev–Trinajstić information content (AvgIpc) is 2.87. The third-order valence-corrected chi connectivity index (χ3v) is 5.48. The van der Waals surface area contributed by atoms with E-state index < -0.39 is 17.7 Å². The summed E-state index contributed by atoms with van der Waals surface area (Å²) >= 11 is 1.57. The molecule has 134 valence electrons. The van der Waals surface area contributed by atoms with Crippen molar-refractivity contribution in [1.29, 1.82) is 0 Å². The van der Waals surface area contributed by atoms with Crippen LogP contribution in [-0.2, 0) is 4.79 Å². The van der Waals surface area contributed by atoms with Crippen LogP contribution in [-0.4, -0.2) is 29.3 Å². The predicted octanol–water partition coefficient (Wildman–Crippen LogP) is 4.18. The molecule has 26 heavy (non-hydrogen) atoms. The molecule has 6 heteroatoms. The molecule has 2 aromatic carbocycles. The van der Waals surface area contributed by atoms with Gasteiger partial charge in [0.05, 0.1) is 16.8 Å². The van der Waals surface area contributed by atoms with Gasteiger partial charge in [0.1, 0.15) is 0 Å². The number of nitrogens with zero attached hydrogens (tertiary/aromatic N) is 1. The quantitative estimate of drug-likeness (QED) is 0.611. The summed E-state index contributed by atoms with van der Waals surface area (Å²) in [6, 6.07) is 12.3. The van der Waals surface area contributed by atoms with Crippen LogP contribution >= 0.6 is 11.8 Å². The maximum absolute atomic E-state index is 12.2. The van der Waals surface area contributed by atoms with Gasteiger partial charge in [-0.05, 0) is 49.2 Å². The van der Waals surface area contributed by atoms with E-state index in [1.54, 1.807) is 47.0 Å². The zero-order valence-electron chi connectivity index (χ0n) is 14.6. The van der Waals surface area contributed by atoms with E-state index in [9.17, 15) is 14.4 Å². The van der Waals surface area contributed by atoms with Crippen LogP contribution in [0.3, 0.4) is 0 Å². The van der Waals surface area contributed by atoms with E-state index in [1.807, 2.05) is 26.0 Å². The molecule has 0 saturated carbocycles. The van der Waals surface area contributed by atoms with Gasteiger partial charge in [0.15, 0.2) is 0 Å². The van der Waals surface area contributed by atoms with Gasteiger partial charge in [0.25, 0.3) is 11.7 Å². The Kier molecular flexibility index (Phi) is 5.13. The standard InChI is InChI=1S/C20H19NO4S/c1-3-10-21-17-9-8-15(11-16(17)18(22)19(21)23)26-12(2)13-4-6-14(7-5-13)20(24)25/h4-9,11-12H,3,10H2,1-2H3,(H,24,25). The van der Waals surface area contributed by atoms with Gasteiger partial charge in [0.2, 0.25) is 0 Å². The van der Waals surface area contributed by atoms with Gasteiger partial charge in [-0.15, -0.1) is 11.8 Å². The van der Waals surface area contributed by atoms with E-state index in [2.05, 4.69) is 0 Å². The zero-order valence-corrected chi connectivity index (χ0v) is 15.4. The van der Waals surface area contributed by atoms with Gasteiger partial charge < -0.3 is 10.0 Å². The lowest BCUT2D eigenvalue weighted by atomic mass is 10.1. The van der Waals surface area contributed by atoms with E-state index in [-0.39, 0.29) is 10.8 Å². The van der Waals surface area contributed by atoms with Crippen molar-refractivity contribution in [3.8, 4) is 0 Å². The molecule has 1 atom stereocenters. The molecule has 1 N–H and O–H groups in total. The largest absolute Gasteiger partial charge is 0.478 e. The Morgan fingerprint density at radius 2 is 1.85 bits per heavy atom. The molecular formula is C20H19NO4S. The molecule has 0 bridgehead atoms. The van der Waals surface area contributed by atoms with E-state index in [0.717, 1.165) is 16.9 Å². The van der Waals surface area contributed by atoms with Crippen LogP contribution in [0.4, 0.5) is 5.69 Å². The first-order valence-electron chi connectivity index (χ1n) is 8.42. The number of hydrogen-bond acceptors (Lipinski definition) is 4. The van der Waals surface area contributed by atoms with Crippen LogP contribution in [0.15, 0.2) is 47.4 Å². The summed E-state index contributed by atoms with van der Waals surface area (Å²) in [5.41, 5.74) is 2.39. The molecule has 0 aliphatic carbocycles. The number of benzene rings is 2. The second-order valence-corrected chi connectivity index (χ2v) is 7.57. The number of hydrogen-bond donors (Lipinski definition) is 1. The minimum atomic E-state index is -0.949. The van der Waals surface area contributed by atoms with Crippen LogP contribution in [0, 0.1) is 0 Å². The normalized spacial score (nSPS) is 14.5. The summed E-state index contributed by atoms with van der Waals surface area (Å²) in [5.74, 6) is -1.86. The number of carbonyl (C=O) groups is 3. The van der Waals surface area contributed by atoms with Crippen LogP contribution < -0.4 is 4.90 Å². The van der Waals surface area contributed by atoms with Gasteiger partial charge in [-0.25, -0.2) is 4.79 Å². The second kappa shape index (κ2) is 7.33. The van der Waals surface area contributed by atoms with E-state index in [0.29, 0.717) is 17.8 Å². The fourth-order valence-corrected chi connectivity index (χ4v) is 4.00. The highest BCUT2D eigenvalue weighted by Crippen LogP contribution is 2.38. The van der Waals surface area contributed by atoms with Crippen molar-refractivity contribution in [2.45, 2.75) is 30.4 Å². The molecule has 1 aliphatic rings. The summed E-state index contributed by atoms with van der Waals surface area (Å²) in [7, 11) is 0. The summed E-state index contributed by atoms with van der Waals surface area (Å²) in [5, 5.41) is 9.05. The van der Waals surface area contributed by atoms with Gasteiger partial charge in [0, 0.05) is 16.7 Å². The average molecular weight is 369 g/mol. The van der Waals surface area contributed by atoms with Gasteiger partial charge in [-0.2, -0.15) is 0 Å². The number of Topliss-reactive ketones (excluding diaryl/α,β-unsaturated/α-hetero) is 1. The molecule has 2 aromatic rings. The number of carboxylic acid groups (broad SMARTS) is 1. The monoisotopic (exact) mass is 369 g/mol. The molecule has 1 unspecified atom stereocenters. The smallest absolute Gasteiger partial charge is 0.335 e. The second-order valence-electron chi connectivity index (χ2n) is 6.15. The van der Waals surface area contributed by atoms with Crippen molar-refractivity contribution in [1.82, 2.24) is 0 Å². The van der Waals surface area contributed by atoms with Gasteiger partial charge in [-0.1, -0.05) is 19.1 Å². The van der Waals surface area contributed by atoms with Gasteiger partial charge in [-0.3, -0.25) is 9.59 Å². The Morgan fingerprint density at radius 3 is 2.46 bits per heavy atom. The summed E-state index contributed by atoms with van der Waals surface area (Å²) in [6.45, 7) is 4.53. The van der Waals surface area contributed by atoms with Crippen molar-refractivity contribution >= 4 is 35.1 Å². The molecule has 3 rings (SSSR count). The molecule has 0 fully saturated rings. The minimum absolute atomic E-state index is 0.0786. The Balaban J connectivity index is 1.80. The highest BCUT2D eigenvalue weighted by molar-refractivity contribution is 7.99. The third-order valence-electron chi connectivity index (χ3n) is 4.33. The van der Waals surface area contributed by atoms with Crippen LogP contribution in [0.1, 0.15) is 51.8 Å². The highest BCUT2D eigenvalue weighted by Gasteiger charge is 2.35. The van der Waals surface area contributed by atoms with Crippen LogP contribution in [0.2, 0.25) is 0 Å². The van der Waals surface area contributed by atoms with Crippen molar-refractivity contribution in [3.05, 3.63) is 59.2 Å². The van der Waals surface area contributed by atoms with Crippen LogP contribution in [0.5, 0.6) is 0 Å². The number of fused-ring (bicyclic) bond motifs is 1. The van der Waals surface area contributed by atoms with Gasteiger partial charge >= 0.3 is 5.97 Å². The van der Waals surface area contributed by atoms with Crippen molar-refractivity contribution in [2.24, 2.45) is 0 Å². The SMILES string of the molecule is CCCN1C(=O)C(=O)c2cc(SC(C)c3ccc(C(=O)O)cc3)ccc21. The number of rotatable bonds is 6. The lowest BCUT2D eigenvalue weighted by Crippen LogP contribution is -2.30. The molecular weight excluding hydrogens is 350 g/mol. The van der Waals surface area contributed by atoms with Crippen molar-refractivity contribution in [3.63, 3.8) is 0 Å². The Morgan fingerprint density at radius 1 is 1.15 bits per heavy atom. The molecule has 1 amide bonds. The summed E-state index contributed by atoms with van der Waals surface area (Å²) in [4.78, 5) is 37.7. The highest BCUT2D eigenvalue weighted by atomic mass is 32.2. The molecule has 5 nitrogen and oxygen atoms in total. The molecule has 0 radical (unpaired) electrons. The first kappa shape index (κ1) is 18.2. The molecule has 1 aliphatic heterocycles. The first-order chi connectivity index (χ1) is 12.4. The fourth-order valence-electron chi connectivity index (χ4n) is 2.97. The lowest BCUT2D eigenvalue weighted by molar-refractivity contribution is -0.114. The summed E-state index contributed by atoms with van der Waals surface area (Å²) < 4.78 is 0. The first-order valence-corrected chi connectivity index (χ1v) is 9.30. The molecule has 0 aromatic heterocycles. The number of thioether (sulfide) groups is 1. The van der Waals surface area contributed by atoms with E-state index >= 15 is 0 Å².